The molecular weight excluding hydrogens is 260 g/mol. The van der Waals surface area contributed by atoms with Gasteiger partial charge in [0.15, 0.2) is 0 Å². The van der Waals surface area contributed by atoms with Crippen LogP contribution in [0.25, 0.3) is 0 Å². The van der Waals surface area contributed by atoms with Gasteiger partial charge in [0.25, 0.3) is 0 Å². The Labute approximate surface area is 102 Å². The third kappa shape index (κ3) is 4.16. The molecule has 0 saturated carbocycles. The minimum atomic E-state index is -0.587. The van der Waals surface area contributed by atoms with Gasteiger partial charge in [-0.05, 0) is 12.1 Å². The quantitative estimate of drug-likeness (QED) is 0.674. The molecule has 0 bridgehead atoms. The number of hydrogen-bond acceptors (Lipinski definition) is 2. The smallest absolute Gasteiger partial charge is 0.408 e. The minimum Gasteiger partial charge on any atom is -0.445 e. The second kappa shape index (κ2) is 6.05. The van der Waals surface area contributed by atoms with Crippen molar-refractivity contribution >= 4 is 40.9 Å². The number of carbonyl (C=O) groups excluding carboxylic acids is 1. The number of alkyl halides is 1. The lowest BCUT2D eigenvalue weighted by Gasteiger charge is -2.06. The fourth-order valence-corrected chi connectivity index (χ4v) is 1.46. The molecule has 6 heteroatoms. The van der Waals surface area contributed by atoms with Crippen LogP contribution in [0.3, 0.4) is 0 Å². The Bertz CT molecular complexity index is 357. The van der Waals surface area contributed by atoms with Crippen molar-refractivity contribution in [3.05, 3.63) is 33.8 Å². The maximum Gasteiger partial charge on any atom is 0.408 e. The third-order valence-electron chi connectivity index (χ3n) is 1.59. The molecule has 1 N–H and O–H groups in total. The van der Waals surface area contributed by atoms with Gasteiger partial charge in [-0.3, -0.25) is 0 Å². The lowest BCUT2D eigenvalue weighted by atomic mass is 10.2. The molecule has 0 saturated heterocycles. The molecule has 0 aliphatic heterocycles. The number of carbonyl (C=O) groups is 1. The number of ether oxygens (including phenoxy) is 1. The number of rotatable bonds is 3. The molecule has 15 heavy (non-hydrogen) atoms. The maximum atomic E-state index is 10.9. The lowest BCUT2D eigenvalue weighted by Crippen LogP contribution is -2.22. The van der Waals surface area contributed by atoms with Crippen LogP contribution in [-0.4, -0.2) is 12.1 Å². The lowest BCUT2D eigenvalue weighted by molar-refractivity contribution is 0.141. The Morgan fingerprint density at radius 1 is 1.40 bits per heavy atom. The summed E-state index contributed by atoms with van der Waals surface area (Å²) < 4.78 is 4.83. The van der Waals surface area contributed by atoms with Crippen LogP contribution >= 0.6 is 34.8 Å². The molecular formula is C9H8Cl3NO2. The number of amides is 1. The van der Waals surface area contributed by atoms with Crippen molar-refractivity contribution in [2.75, 3.05) is 6.00 Å². The maximum absolute atomic E-state index is 10.9. The van der Waals surface area contributed by atoms with E-state index < -0.39 is 6.09 Å². The van der Waals surface area contributed by atoms with E-state index in [4.69, 9.17) is 39.5 Å². The monoisotopic (exact) mass is 267 g/mol. The Balaban J connectivity index is 2.54. The fraction of sp³-hybridized carbons (Fsp3) is 0.222. The van der Waals surface area contributed by atoms with Crippen molar-refractivity contribution in [1.82, 2.24) is 5.32 Å². The van der Waals surface area contributed by atoms with Gasteiger partial charge in [-0.2, -0.15) is 0 Å². The molecule has 82 valence electrons. The molecule has 0 aliphatic carbocycles. The Morgan fingerprint density at radius 2 is 2.13 bits per heavy atom. The van der Waals surface area contributed by atoms with Gasteiger partial charge in [0, 0.05) is 15.6 Å². The molecule has 1 amide bonds. The van der Waals surface area contributed by atoms with E-state index >= 15 is 0 Å². The zero-order valence-corrected chi connectivity index (χ0v) is 9.86. The van der Waals surface area contributed by atoms with E-state index in [1.165, 1.54) is 0 Å². The zero-order valence-electron chi connectivity index (χ0n) is 7.60. The molecule has 1 rings (SSSR count). The van der Waals surface area contributed by atoms with Crippen LogP contribution in [0, 0.1) is 0 Å². The average Bonchev–Trinajstić information content (AvgIpc) is 2.17. The molecule has 0 aromatic heterocycles. The predicted molar refractivity (Wildman–Crippen MR) is 60.5 cm³/mol. The van der Waals surface area contributed by atoms with Crippen LogP contribution in [-0.2, 0) is 11.3 Å². The van der Waals surface area contributed by atoms with E-state index in [1.54, 1.807) is 18.2 Å². The van der Waals surface area contributed by atoms with Crippen molar-refractivity contribution < 1.29 is 9.53 Å². The van der Waals surface area contributed by atoms with Gasteiger partial charge in [-0.15, -0.1) is 11.6 Å². The molecule has 0 unspecified atom stereocenters. The highest BCUT2D eigenvalue weighted by Crippen LogP contribution is 2.21. The van der Waals surface area contributed by atoms with E-state index in [1.807, 2.05) is 0 Å². The Hall–Kier alpha value is -0.640. The van der Waals surface area contributed by atoms with Gasteiger partial charge in [0.05, 0.1) is 6.00 Å². The summed E-state index contributed by atoms with van der Waals surface area (Å²) in [6, 6.07) is 4.96. The van der Waals surface area contributed by atoms with Gasteiger partial charge in [0.1, 0.15) is 6.61 Å². The highest BCUT2D eigenvalue weighted by atomic mass is 35.5. The molecule has 1 aromatic carbocycles. The molecule has 0 spiro atoms. The fourth-order valence-electron chi connectivity index (χ4n) is 0.888. The van der Waals surface area contributed by atoms with Crippen molar-refractivity contribution in [2.24, 2.45) is 0 Å². The standard InChI is InChI=1S/C9H8Cl3NO2/c10-5-13-9(14)15-4-6-1-2-7(11)3-8(6)12/h1-3H,4-5H2,(H,13,14). The van der Waals surface area contributed by atoms with E-state index in [2.05, 4.69) is 5.32 Å². The highest BCUT2D eigenvalue weighted by Gasteiger charge is 2.04. The normalized spacial score (nSPS) is 9.80. The van der Waals surface area contributed by atoms with Gasteiger partial charge in [0.2, 0.25) is 0 Å². The molecule has 1 aromatic rings. The second-order valence-corrected chi connectivity index (χ2v) is 3.73. The van der Waals surface area contributed by atoms with Crippen LogP contribution in [0.2, 0.25) is 10.0 Å². The summed E-state index contributed by atoms with van der Waals surface area (Å²) in [5.41, 5.74) is 0.686. The molecule has 0 heterocycles. The topological polar surface area (TPSA) is 38.3 Å². The van der Waals surface area contributed by atoms with Gasteiger partial charge in [-0.25, -0.2) is 4.79 Å². The Kier molecular flexibility index (Phi) is 5.02. The highest BCUT2D eigenvalue weighted by molar-refractivity contribution is 6.35. The number of alkyl carbamates (subject to hydrolysis) is 1. The van der Waals surface area contributed by atoms with E-state index in [0.717, 1.165) is 0 Å². The SMILES string of the molecule is O=C(NCCl)OCc1ccc(Cl)cc1Cl. The zero-order chi connectivity index (χ0) is 11.3. The molecule has 0 radical (unpaired) electrons. The van der Waals surface area contributed by atoms with Crippen LogP contribution in [0.5, 0.6) is 0 Å². The Morgan fingerprint density at radius 3 is 2.73 bits per heavy atom. The van der Waals surface area contributed by atoms with E-state index in [9.17, 15) is 4.79 Å². The van der Waals surface area contributed by atoms with Crippen molar-refractivity contribution in [3.8, 4) is 0 Å². The number of hydrogen-bond donors (Lipinski definition) is 1. The average molecular weight is 269 g/mol. The summed E-state index contributed by atoms with van der Waals surface area (Å²) in [4.78, 5) is 10.9. The summed E-state index contributed by atoms with van der Waals surface area (Å²) in [7, 11) is 0. The number of nitrogens with one attached hydrogen (secondary N) is 1. The van der Waals surface area contributed by atoms with Gasteiger partial charge in [-0.1, -0.05) is 29.3 Å². The van der Waals surface area contributed by atoms with Crippen LogP contribution < -0.4 is 5.32 Å². The molecule has 0 fully saturated rings. The predicted octanol–water partition coefficient (Wildman–Crippen LogP) is 3.42. The first kappa shape index (κ1) is 12.4. The second-order valence-electron chi connectivity index (χ2n) is 2.62. The summed E-state index contributed by atoms with van der Waals surface area (Å²) in [6.45, 7) is 0.0821. The van der Waals surface area contributed by atoms with Crippen molar-refractivity contribution in [3.63, 3.8) is 0 Å². The minimum absolute atomic E-state index is 0.00713. The first-order valence-electron chi connectivity index (χ1n) is 4.04. The van der Waals surface area contributed by atoms with Gasteiger partial charge < -0.3 is 10.1 Å². The van der Waals surface area contributed by atoms with Crippen molar-refractivity contribution in [2.45, 2.75) is 6.61 Å². The van der Waals surface area contributed by atoms with Crippen LogP contribution in [0.15, 0.2) is 18.2 Å². The first-order valence-corrected chi connectivity index (χ1v) is 5.33. The number of halogens is 3. The molecule has 0 aliphatic rings. The summed E-state index contributed by atoms with van der Waals surface area (Å²) >= 11 is 16.8. The van der Waals surface area contributed by atoms with E-state index in [0.29, 0.717) is 15.6 Å². The summed E-state index contributed by atoms with van der Waals surface area (Å²) in [5.74, 6) is 0. The largest absolute Gasteiger partial charge is 0.445 e. The molecule has 3 nitrogen and oxygen atoms in total. The summed E-state index contributed by atoms with van der Waals surface area (Å²) in [6.07, 6.45) is -0.587. The third-order valence-corrected chi connectivity index (χ3v) is 2.31. The summed E-state index contributed by atoms with van der Waals surface area (Å²) in [5, 5.41) is 3.28. The van der Waals surface area contributed by atoms with E-state index in [-0.39, 0.29) is 12.6 Å². The van der Waals surface area contributed by atoms with Crippen LogP contribution in [0.1, 0.15) is 5.56 Å². The molecule has 0 atom stereocenters. The van der Waals surface area contributed by atoms with Crippen LogP contribution in [0.4, 0.5) is 4.79 Å². The number of benzene rings is 1. The first-order chi connectivity index (χ1) is 7.13. The van der Waals surface area contributed by atoms with Gasteiger partial charge >= 0.3 is 6.09 Å². The van der Waals surface area contributed by atoms with Crippen molar-refractivity contribution in [1.29, 1.82) is 0 Å².